The third-order valence-corrected chi connectivity index (χ3v) is 11.5. The quantitative estimate of drug-likeness (QED) is 0.185. The topological polar surface area (TPSA) is 30.7 Å². The number of benzene rings is 8. The molecule has 11 aromatic rings. The molecule has 0 fully saturated rings. The van der Waals surface area contributed by atoms with Gasteiger partial charge in [-0.15, -0.1) is 11.3 Å². The molecule has 0 amide bonds. The van der Waals surface area contributed by atoms with Gasteiger partial charge < -0.3 is 0 Å². The van der Waals surface area contributed by atoms with Gasteiger partial charge in [-0.2, -0.15) is 0 Å². The smallest absolute Gasteiger partial charge is 0.235 e. The van der Waals surface area contributed by atoms with Crippen LogP contribution in [0.3, 0.4) is 0 Å². The fourth-order valence-electron chi connectivity index (χ4n) is 8.02. The highest BCUT2D eigenvalue weighted by molar-refractivity contribution is 7.25. The molecule has 3 aromatic heterocycles. The van der Waals surface area contributed by atoms with Gasteiger partial charge in [0.1, 0.15) is 0 Å². The van der Waals surface area contributed by atoms with Crippen molar-refractivity contribution >= 4 is 75.0 Å². The van der Waals surface area contributed by atoms with E-state index in [2.05, 4.69) is 180 Å². The van der Waals surface area contributed by atoms with E-state index >= 15 is 0 Å². The normalized spacial score (nSPS) is 11.8. The van der Waals surface area contributed by atoms with Gasteiger partial charge in [0, 0.05) is 41.9 Å². The summed E-state index contributed by atoms with van der Waals surface area (Å²) >= 11 is 1.83. The van der Waals surface area contributed by atoms with Crippen molar-refractivity contribution in [2.75, 3.05) is 0 Å². The number of aromatic nitrogens is 3. The van der Waals surface area contributed by atoms with Gasteiger partial charge in [-0.1, -0.05) is 133 Å². The zero-order valence-corrected chi connectivity index (χ0v) is 28.8. The van der Waals surface area contributed by atoms with Crippen LogP contribution in [0.25, 0.3) is 103 Å². The van der Waals surface area contributed by atoms with Gasteiger partial charge in [0.05, 0.1) is 22.2 Å². The number of hydrogen-bond acceptors (Lipinski definition) is 3. The molecule has 0 bridgehead atoms. The van der Waals surface area contributed by atoms with E-state index in [0.717, 1.165) is 55.4 Å². The van der Waals surface area contributed by atoms with Crippen LogP contribution in [0.15, 0.2) is 176 Å². The molecule has 0 saturated heterocycles. The minimum absolute atomic E-state index is 0.659. The Morgan fingerprint density at radius 1 is 0.404 bits per heavy atom. The Labute approximate surface area is 303 Å². The highest BCUT2D eigenvalue weighted by Crippen LogP contribution is 2.44. The Balaban J connectivity index is 1.31. The minimum atomic E-state index is 0.659. The molecule has 4 heteroatoms. The predicted octanol–water partition coefficient (Wildman–Crippen LogP) is 13.2. The average Bonchev–Trinajstić information content (AvgIpc) is 3.75. The summed E-state index contributed by atoms with van der Waals surface area (Å²) in [5, 5.41) is 8.29. The summed E-state index contributed by atoms with van der Waals surface area (Å²) in [4.78, 5) is 11.1. The second kappa shape index (κ2) is 11.5. The maximum Gasteiger partial charge on any atom is 0.235 e. The molecule has 52 heavy (non-hydrogen) atoms. The van der Waals surface area contributed by atoms with Crippen LogP contribution in [0.1, 0.15) is 0 Å². The van der Waals surface area contributed by atoms with Crippen LogP contribution in [-0.2, 0) is 0 Å². The maximum absolute atomic E-state index is 5.62. The lowest BCUT2D eigenvalue weighted by molar-refractivity contribution is 1.01. The molecule has 0 unspecified atom stereocenters. The van der Waals surface area contributed by atoms with E-state index < -0.39 is 0 Å². The first-order valence-electron chi connectivity index (χ1n) is 17.6. The van der Waals surface area contributed by atoms with Crippen LogP contribution in [0.4, 0.5) is 0 Å². The van der Waals surface area contributed by atoms with Crippen molar-refractivity contribution in [1.29, 1.82) is 0 Å². The van der Waals surface area contributed by atoms with Crippen molar-refractivity contribution in [1.82, 2.24) is 14.5 Å². The zero-order chi connectivity index (χ0) is 34.2. The molecule has 0 radical (unpaired) electrons. The second-order valence-corrected chi connectivity index (χ2v) is 14.4. The largest absolute Gasteiger partial charge is 0.278 e. The van der Waals surface area contributed by atoms with Crippen molar-refractivity contribution in [3.63, 3.8) is 0 Å². The van der Waals surface area contributed by atoms with Crippen LogP contribution in [-0.4, -0.2) is 14.5 Å². The van der Waals surface area contributed by atoms with E-state index in [9.17, 15) is 0 Å². The molecule has 8 aromatic carbocycles. The van der Waals surface area contributed by atoms with E-state index in [0.29, 0.717) is 5.95 Å². The third-order valence-electron chi connectivity index (χ3n) is 10.4. The maximum atomic E-state index is 5.62. The summed E-state index contributed by atoms with van der Waals surface area (Å²) in [6, 6.07) is 63.1. The zero-order valence-electron chi connectivity index (χ0n) is 28.0. The SMILES string of the molecule is c1ccc(-c2cc3nc(-n4c5ccccc5c5cc6ccccc6cc54)nc(-c4cccc5sc6ccccc6c45)c3cc2-c2ccccc2)cc1. The van der Waals surface area contributed by atoms with E-state index in [1.165, 1.54) is 41.7 Å². The van der Waals surface area contributed by atoms with Crippen molar-refractivity contribution in [2.24, 2.45) is 0 Å². The minimum Gasteiger partial charge on any atom is -0.278 e. The number of para-hydroxylation sites is 1. The number of thiophene rings is 1. The van der Waals surface area contributed by atoms with Crippen molar-refractivity contribution in [3.8, 4) is 39.5 Å². The van der Waals surface area contributed by atoms with E-state index in [1.807, 2.05) is 11.3 Å². The molecule has 0 atom stereocenters. The summed E-state index contributed by atoms with van der Waals surface area (Å²) in [5.41, 5.74) is 9.73. The molecule has 3 nitrogen and oxygen atoms in total. The second-order valence-electron chi connectivity index (χ2n) is 13.4. The fourth-order valence-corrected chi connectivity index (χ4v) is 9.16. The summed E-state index contributed by atoms with van der Waals surface area (Å²) < 4.78 is 4.79. The molecule has 0 spiro atoms. The molecule has 3 heterocycles. The van der Waals surface area contributed by atoms with Crippen LogP contribution < -0.4 is 0 Å². The van der Waals surface area contributed by atoms with Gasteiger partial charge in [0.25, 0.3) is 0 Å². The van der Waals surface area contributed by atoms with E-state index in [-0.39, 0.29) is 0 Å². The summed E-state index contributed by atoms with van der Waals surface area (Å²) in [6.07, 6.45) is 0. The Morgan fingerprint density at radius 3 is 1.83 bits per heavy atom. The predicted molar refractivity (Wildman–Crippen MR) is 221 cm³/mol. The van der Waals surface area contributed by atoms with Gasteiger partial charge in [0.2, 0.25) is 5.95 Å². The Kier molecular flexibility index (Phi) is 6.42. The molecule has 0 aliphatic rings. The molecule has 11 rings (SSSR count). The summed E-state index contributed by atoms with van der Waals surface area (Å²) in [7, 11) is 0. The lowest BCUT2D eigenvalue weighted by Crippen LogP contribution is -2.04. The van der Waals surface area contributed by atoms with Crippen LogP contribution in [0.2, 0.25) is 0 Å². The summed E-state index contributed by atoms with van der Waals surface area (Å²) in [5.74, 6) is 0.659. The van der Waals surface area contributed by atoms with Crippen LogP contribution in [0.5, 0.6) is 0 Å². The summed E-state index contributed by atoms with van der Waals surface area (Å²) in [6.45, 7) is 0. The highest BCUT2D eigenvalue weighted by Gasteiger charge is 2.22. The molecule has 0 saturated carbocycles. The Bertz CT molecular complexity index is 3180. The molecular formula is C48H29N3S. The lowest BCUT2D eigenvalue weighted by Gasteiger charge is -2.17. The lowest BCUT2D eigenvalue weighted by atomic mass is 9.91. The van der Waals surface area contributed by atoms with E-state index in [4.69, 9.17) is 9.97 Å². The molecule has 0 N–H and O–H groups in total. The number of rotatable bonds is 4. The first kappa shape index (κ1) is 29.1. The van der Waals surface area contributed by atoms with Crippen molar-refractivity contribution in [3.05, 3.63) is 176 Å². The number of fused-ring (bicyclic) bond motifs is 8. The van der Waals surface area contributed by atoms with Gasteiger partial charge in [-0.25, -0.2) is 9.97 Å². The third kappa shape index (κ3) is 4.45. The Morgan fingerprint density at radius 2 is 1.04 bits per heavy atom. The standard InChI is InChI=1S/C48H29N3S/c1-3-14-30(15-4-1)37-28-40-41(29-38(37)31-16-5-2-6-17-31)49-48(50-47(40)36-22-13-25-45-46(36)35-21-10-12-24-44(35)52-45)51-42-23-11-9-20-34(42)39-26-32-18-7-8-19-33(32)27-43(39)51/h1-29H. The fraction of sp³-hybridized carbons (Fsp3) is 0. The van der Waals surface area contributed by atoms with Gasteiger partial charge in [0.15, 0.2) is 0 Å². The van der Waals surface area contributed by atoms with Crippen LogP contribution >= 0.6 is 11.3 Å². The first-order chi connectivity index (χ1) is 25.8. The van der Waals surface area contributed by atoms with Gasteiger partial charge in [-0.3, -0.25) is 4.57 Å². The van der Waals surface area contributed by atoms with Crippen molar-refractivity contribution in [2.45, 2.75) is 0 Å². The molecule has 0 aliphatic carbocycles. The van der Waals surface area contributed by atoms with E-state index in [1.54, 1.807) is 0 Å². The van der Waals surface area contributed by atoms with Gasteiger partial charge in [-0.05, 0) is 75.5 Å². The molecule has 0 aliphatic heterocycles. The van der Waals surface area contributed by atoms with Gasteiger partial charge >= 0.3 is 0 Å². The van der Waals surface area contributed by atoms with Crippen LogP contribution in [0, 0.1) is 0 Å². The first-order valence-corrected chi connectivity index (χ1v) is 18.4. The molecular weight excluding hydrogens is 651 g/mol. The van der Waals surface area contributed by atoms with Crippen molar-refractivity contribution < 1.29 is 0 Å². The monoisotopic (exact) mass is 679 g/mol. The average molecular weight is 680 g/mol. The number of nitrogens with zero attached hydrogens (tertiary/aromatic N) is 3. The number of hydrogen-bond donors (Lipinski definition) is 0. The molecule has 242 valence electrons. The Hall–Kier alpha value is -6.62. The highest BCUT2D eigenvalue weighted by atomic mass is 32.1.